The summed E-state index contributed by atoms with van der Waals surface area (Å²) in [6, 6.07) is 10.1. The minimum Gasteiger partial charge on any atom is -0.489 e. The van der Waals surface area contributed by atoms with Gasteiger partial charge >= 0.3 is 18.2 Å². The van der Waals surface area contributed by atoms with E-state index in [0.29, 0.717) is 18.8 Å². The van der Waals surface area contributed by atoms with Crippen LogP contribution >= 0.6 is 0 Å². The van der Waals surface area contributed by atoms with Crippen molar-refractivity contribution in [2.75, 3.05) is 26.2 Å². The fraction of sp³-hybridized carbons (Fsp3) is 0.433. The lowest BCUT2D eigenvalue weighted by atomic mass is 9.81. The van der Waals surface area contributed by atoms with E-state index in [1.807, 2.05) is 43.4 Å². The Bertz CT molecular complexity index is 1500. The number of nitrogens with zero attached hydrogens (tertiary/aromatic N) is 2. The van der Waals surface area contributed by atoms with Gasteiger partial charge in [0.15, 0.2) is 0 Å². The number of carboxylic acid groups (broad SMARTS) is 2. The highest BCUT2D eigenvalue weighted by Crippen LogP contribution is 2.37. The molecular formula is C30H37F3N6O10. The first-order valence-electron chi connectivity index (χ1n) is 14.6. The molecule has 0 saturated carbocycles. The molecule has 19 heteroatoms. The summed E-state index contributed by atoms with van der Waals surface area (Å²) in [7, 11) is 0. The Balaban J connectivity index is 0.00000107. The van der Waals surface area contributed by atoms with Crippen molar-refractivity contribution in [2.45, 2.75) is 57.9 Å². The van der Waals surface area contributed by atoms with Crippen LogP contribution in [0.5, 0.6) is 5.75 Å². The standard InChI is InChI=1S/C28H36N6O8.C2HF3O2/c1-17-12-19(13-18(2)32-17)16-42-21-6-4-20(5-7-21)28(3)9-11-34(26(28)38)22(25(37)33-41)8-10-29-23(35)14-30-24(36)15-31-27(39)40;3-2(4,5)1(6)7/h4-7,12-13,22,31,41H,8-11,14-16H2,1-3H3,(H,29,35)(H,30,36)(H,33,37)(H,39,40);(H,6,7). The van der Waals surface area contributed by atoms with E-state index in [-0.39, 0.29) is 25.4 Å². The number of aromatic nitrogens is 1. The lowest BCUT2D eigenvalue weighted by molar-refractivity contribution is -0.192. The first-order valence-corrected chi connectivity index (χ1v) is 14.6. The quantitative estimate of drug-likeness (QED) is 0.116. The number of likely N-dealkylation sites (tertiary alicyclic amines) is 1. The number of carbonyl (C=O) groups is 6. The zero-order valence-electron chi connectivity index (χ0n) is 26.7. The van der Waals surface area contributed by atoms with Crippen LogP contribution in [-0.4, -0.2) is 99.4 Å². The third-order valence-electron chi connectivity index (χ3n) is 7.24. The first-order chi connectivity index (χ1) is 22.9. The molecule has 268 valence electrons. The highest BCUT2D eigenvalue weighted by atomic mass is 19.4. The fourth-order valence-electron chi connectivity index (χ4n) is 4.84. The molecule has 1 aliphatic rings. The smallest absolute Gasteiger partial charge is 0.489 e. The van der Waals surface area contributed by atoms with E-state index in [9.17, 15) is 42.4 Å². The van der Waals surface area contributed by atoms with Crippen LogP contribution < -0.4 is 26.2 Å². The molecule has 2 aromatic rings. The van der Waals surface area contributed by atoms with Crippen molar-refractivity contribution in [2.24, 2.45) is 0 Å². The van der Waals surface area contributed by atoms with Crippen LogP contribution in [0.4, 0.5) is 18.0 Å². The fourth-order valence-corrected chi connectivity index (χ4v) is 4.84. The molecule has 2 heterocycles. The van der Waals surface area contributed by atoms with Crippen LogP contribution in [-0.2, 0) is 36.0 Å². The van der Waals surface area contributed by atoms with E-state index in [1.165, 1.54) is 4.90 Å². The predicted octanol–water partition coefficient (Wildman–Crippen LogP) is 1.16. The van der Waals surface area contributed by atoms with Crippen LogP contribution in [0.15, 0.2) is 36.4 Å². The molecule has 0 radical (unpaired) electrons. The number of hydroxylamine groups is 1. The van der Waals surface area contributed by atoms with Gasteiger partial charge in [0.05, 0.1) is 18.5 Å². The third-order valence-corrected chi connectivity index (χ3v) is 7.24. The summed E-state index contributed by atoms with van der Waals surface area (Å²) in [5.41, 5.74) is 4.25. The van der Waals surface area contributed by atoms with Crippen LogP contribution in [0.25, 0.3) is 0 Å². The zero-order chi connectivity index (χ0) is 36.9. The molecule has 16 nitrogen and oxygen atoms in total. The van der Waals surface area contributed by atoms with Gasteiger partial charge in [-0.25, -0.2) is 15.1 Å². The maximum Gasteiger partial charge on any atom is 0.490 e. The summed E-state index contributed by atoms with van der Waals surface area (Å²) in [6.45, 7) is 5.34. The number of amides is 5. The molecule has 1 saturated heterocycles. The van der Waals surface area contributed by atoms with E-state index < -0.39 is 60.5 Å². The normalized spacial score (nSPS) is 16.1. The molecule has 7 N–H and O–H groups in total. The molecule has 5 amide bonds. The second-order valence-electron chi connectivity index (χ2n) is 11.0. The topological polar surface area (TPSA) is 237 Å². The maximum absolute atomic E-state index is 13.6. The van der Waals surface area contributed by atoms with E-state index in [2.05, 4.69) is 15.6 Å². The van der Waals surface area contributed by atoms with Gasteiger partial charge in [-0.1, -0.05) is 12.1 Å². The Morgan fingerprint density at radius 2 is 1.53 bits per heavy atom. The van der Waals surface area contributed by atoms with Gasteiger partial charge in [-0.2, -0.15) is 13.2 Å². The van der Waals surface area contributed by atoms with E-state index in [0.717, 1.165) is 22.5 Å². The molecule has 0 aliphatic carbocycles. The number of halogens is 3. The summed E-state index contributed by atoms with van der Waals surface area (Å²) >= 11 is 0. The SMILES string of the molecule is Cc1cc(COc2ccc(C3(C)CCN(C(CCNC(=O)CNC(=O)CNC(=O)O)C(=O)NO)C3=O)cc2)cc(C)n1.O=C(O)C(F)(F)F. The molecule has 49 heavy (non-hydrogen) atoms. The van der Waals surface area contributed by atoms with Gasteiger partial charge in [0.25, 0.3) is 5.91 Å². The number of hydrogen-bond acceptors (Lipinski definition) is 9. The minimum atomic E-state index is -5.08. The number of aryl methyl sites for hydroxylation is 2. The molecule has 1 aromatic heterocycles. The van der Waals surface area contributed by atoms with Gasteiger partial charge in [-0.15, -0.1) is 0 Å². The number of hydrogen-bond donors (Lipinski definition) is 7. The molecule has 1 fully saturated rings. The molecule has 2 unspecified atom stereocenters. The average Bonchev–Trinajstić information content (AvgIpc) is 3.33. The summed E-state index contributed by atoms with van der Waals surface area (Å²) < 4.78 is 37.6. The maximum atomic E-state index is 13.6. The Labute approximate surface area is 278 Å². The van der Waals surface area contributed by atoms with Crippen LogP contribution in [0.2, 0.25) is 0 Å². The number of carboxylic acids is 1. The Morgan fingerprint density at radius 1 is 0.980 bits per heavy atom. The summed E-state index contributed by atoms with van der Waals surface area (Å²) in [6.07, 6.45) is -6.02. The molecule has 1 aromatic carbocycles. The molecule has 1 aliphatic heterocycles. The van der Waals surface area contributed by atoms with E-state index in [4.69, 9.17) is 19.7 Å². The van der Waals surface area contributed by atoms with Crippen molar-refractivity contribution in [3.63, 3.8) is 0 Å². The Morgan fingerprint density at radius 3 is 2.06 bits per heavy atom. The van der Waals surface area contributed by atoms with Crippen molar-refractivity contribution in [3.05, 3.63) is 58.9 Å². The lowest BCUT2D eigenvalue weighted by Gasteiger charge is -2.29. The van der Waals surface area contributed by atoms with Crippen LogP contribution in [0, 0.1) is 13.8 Å². The number of ether oxygens (including phenoxy) is 1. The van der Waals surface area contributed by atoms with Gasteiger partial charge in [0.2, 0.25) is 17.7 Å². The average molecular weight is 699 g/mol. The molecule has 3 rings (SSSR count). The largest absolute Gasteiger partial charge is 0.490 e. The van der Waals surface area contributed by atoms with Crippen molar-refractivity contribution in [1.82, 2.24) is 31.3 Å². The molecule has 2 atom stereocenters. The summed E-state index contributed by atoms with van der Waals surface area (Å²) in [4.78, 5) is 74.7. The highest BCUT2D eigenvalue weighted by molar-refractivity contribution is 5.94. The number of carbonyl (C=O) groups excluding carboxylic acids is 4. The van der Waals surface area contributed by atoms with Gasteiger partial charge in [0, 0.05) is 24.5 Å². The van der Waals surface area contributed by atoms with Gasteiger partial charge < -0.3 is 35.8 Å². The van der Waals surface area contributed by atoms with E-state index >= 15 is 0 Å². The number of rotatable bonds is 13. The van der Waals surface area contributed by atoms with E-state index in [1.54, 1.807) is 24.5 Å². The minimum absolute atomic E-state index is 0.00913. The van der Waals surface area contributed by atoms with Crippen LogP contribution in [0.1, 0.15) is 42.3 Å². The predicted molar refractivity (Wildman–Crippen MR) is 162 cm³/mol. The van der Waals surface area contributed by atoms with Crippen LogP contribution in [0.3, 0.4) is 0 Å². The third kappa shape index (κ3) is 12.3. The summed E-state index contributed by atoms with van der Waals surface area (Å²) in [5.74, 6) is -4.47. The first kappa shape index (κ1) is 39.7. The second kappa shape index (κ2) is 17.6. The lowest BCUT2D eigenvalue weighted by Crippen LogP contribution is -2.50. The highest BCUT2D eigenvalue weighted by Gasteiger charge is 2.47. The Hall–Kier alpha value is -5.46. The Kier molecular flexibility index (Phi) is 14.3. The van der Waals surface area contributed by atoms with Crippen molar-refractivity contribution >= 4 is 35.7 Å². The number of nitrogens with one attached hydrogen (secondary N) is 4. The van der Waals surface area contributed by atoms with Gasteiger partial charge in [-0.05, 0) is 69.0 Å². The van der Waals surface area contributed by atoms with Gasteiger partial charge in [-0.3, -0.25) is 29.4 Å². The number of benzene rings is 1. The zero-order valence-corrected chi connectivity index (χ0v) is 26.7. The number of alkyl halides is 3. The molecule has 0 spiro atoms. The number of pyridine rings is 1. The van der Waals surface area contributed by atoms with Crippen molar-refractivity contribution < 1.29 is 62.1 Å². The van der Waals surface area contributed by atoms with Crippen molar-refractivity contribution in [3.8, 4) is 5.75 Å². The second-order valence-corrected chi connectivity index (χ2v) is 11.0. The molecule has 0 bridgehead atoms. The molecular weight excluding hydrogens is 661 g/mol. The summed E-state index contributed by atoms with van der Waals surface area (Å²) in [5, 5.41) is 31.6. The van der Waals surface area contributed by atoms with Gasteiger partial charge in [0.1, 0.15) is 18.4 Å². The monoisotopic (exact) mass is 698 g/mol. The number of aliphatic carboxylic acids is 1. The van der Waals surface area contributed by atoms with Crippen molar-refractivity contribution in [1.29, 1.82) is 0 Å².